The largest absolute Gasteiger partial charge is 0.326 e. The summed E-state index contributed by atoms with van der Waals surface area (Å²) in [5, 5.41) is 2.33. The maximum absolute atomic E-state index is 3.23. The third-order valence-corrected chi connectivity index (χ3v) is 2.14. The summed E-state index contributed by atoms with van der Waals surface area (Å²) in [5.41, 5.74) is 3.23. The van der Waals surface area contributed by atoms with Crippen LogP contribution in [-0.4, -0.2) is 17.6 Å². The Morgan fingerprint density at radius 1 is 1.56 bits per heavy atom. The van der Waals surface area contributed by atoms with Gasteiger partial charge in [0.25, 0.3) is 0 Å². The summed E-state index contributed by atoms with van der Waals surface area (Å²) in [6.45, 7) is 1.23. The molecule has 0 aromatic rings. The zero-order valence-corrected chi connectivity index (χ0v) is 5.51. The molecule has 0 aliphatic carbocycles. The molecule has 50 valence electrons. The molecule has 0 radical (unpaired) electrons. The van der Waals surface area contributed by atoms with Crippen LogP contribution in [0.2, 0.25) is 0 Å². The summed E-state index contributed by atoms with van der Waals surface area (Å²) in [7, 11) is 0. The van der Waals surface area contributed by atoms with Crippen molar-refractivity contribution in [3.05, 3.63) is 12.3 Å². The van der Waals surface area contributed by atoms with Gasteiger partial charge in [-0.25, -0.2) is 5.01 Å². The number of hydrazine groups is 1. The summed E-state index contributed by atoms with van der Waals surface area (Å²) in [5.74, 6) is 0. The first-order valence-corrected chi connectivity index (χ1v) is 3.64. The minimum Gasteiger partial charge on any atom is -0.326 e. The highest BCUT2D eigenvalue weighted by Gasteiger charge is 2.23. The standard InChI is InChI=1S/C7H12N2/c1-3-7-4-2-6-9(7)8-5-1/h1,5,7-8H,2-4,6H2. The highest BCUT2D eigenvalue weighted by Crippen LogP contribution is 2.19. The second-order valence-corrected chi connectivity index (χ2v) is 2.76. The molecule has 2 aliphatic heterocycles. The van der Waals surface area contributed by atoms with Crippen LogP contribution in [0.4, 0.5) is 0 Å². The fraction of sp³-hybridized carbons (Fsp3) is 0.714. The Labute approximate surface area is 55.5 Å². The van der Waals surface area contributed by atoms with Crippen molar-refractivity contribution in [2.45, 2.75) is 25.3 Å². The van der Waals surface area contributed by atoms with E-state index in [1.165, 1.54) is 25.8 Å². The molecule has 2 aliphatic rings. The predicted molar refractivity (Wildman–Crippen MR) is 36.6 cm³/mol. The second-order valence-electron chi connectivity index (χ2n) is 2.76. The second kappa shape index (κ2) is 2.03. The van der Waals surface area contributed by atoms with E-state index in [-0.39, 0.29) is 0 Å². The SMILES string of the molecule is C1=CNN2CCCC2C1. The summed E-state index contributed by atoms with van der Waals surface area (Å²) in [6.07, 6.45) is 8.23. The lowest BCUT2D eigenvalue weighted by molar-refractivity contribution is 0.192. The quantitative estimate of drug-likeness (QED) is 0.515. The van der Waals surface area contributed by atoms with Crippen molar-refractivity contribution in [3.8, 4) is 0 Å². The van der Waals surface area contributed by atoms with Gasteiger partial charge in [0.2, 0.25) is 0 Å². The van der Waals surface area contributed by atoms with Gasteiger partial charge in [0.05, 0.1) is 0 Å². The van der Waals surface area contributed by atoms with Gasteiger partial charge in [-0.1, -0.05) is 6.08 Å². The van der Waals surface area contributed by atoms with E-state index in [0.717, 1.165) is 6.04 Å². The molecule has 2 heterocycles. The molecular weight excluding hydrogens is 112 g/mol. The van der Waals surface area contributed by atoms with Crippen molar-refractivity contribution in [2.24, 2.45) is 0 Å². The third kappa shape index (κ3) is 0.833. The lowest BCUT2D eigenvalue weighted by Gasteiger charge is -2.26. The maximum Gasteiger partial charge on any atom is 0.0326 e. The van der Waals surface area contributed by atoms with Gasteiger partial charge in [0.1, 0.15) is 0 Å². The van der Waals surface area contributed by atoms with Crippen molar-refractivity contribution in [1.82, 2.24) is 10.4 Å². The molecule has 0 amide bonds. The van der Waals surface area contributed by atoms with Crippen LogP contribution >= 0.6 is 0 Å². The first-order chi connectivity index (χ1) is 4.47. The Balaban J connectivity index is 2.07. The lowest BCUT2D eigenvalue weighted by Crippen LogP contribution is -2.40. The number of hydrogen-bond donors (Lipinski definition) is 1. The summed E-state index contributed by atoms with van der Waals surface area (Å²) >= 11 is 0. The summed E-state index contributed by atoms with van der Waals surface area (Å²) in [6, 6.07) is 0.801. The summed E-state index contributed by atoms with van der Waals surface area (Å²) in [4.78, 5) is 0. The molecule has 1 saturated heterocycles. The minimum absolute atomic E-state index is 0.801. The molecule has 2 nitrogen and oxygen atoms in total. The highest BCUT2D eigenvalue weighted by atomic mass is 15.5. The van der Waals surface area contributed by atoms with Crippen molar-refractivity contribution < 1.29 is 0 Å². The molecule has 0 spiro atoms. The Morgan fingerprint density at radius 3 is 3.44 bits per heavy atom. The number of rotatable bonds is 0. The molecule has 0 saturated carbocycles. The van der Waals surface area contributed by atoms with E-state index >= 15 is 0 Å². The van der Waals surface area contributed by atoms with E-state index in [1.54, 1.807) is 0 Å². The van der Waals surface area contributed by atoms with E-state index < -0.39 is 0 Å². The molecule has 1 N–H and O–H groups in total. The Hall–Kier alpha value is -0.500. The molecule has 9 heavy (non-hydrogen) atoms. The normalized spacial score (nSPS) is 34.0. The minimum atomic E-state index is 0.801. The molecule has 0 bridgehead atoms. The van der Waals surface area contributed by atoms with E-state index in [2.05, 4.69) is 16.5 Å². The summed E-state index contributed by atoms with van der Waals surface area (Å²) < 4.78 is 0. The van der Waals surface area contributed by atoms with Gasteiger partial charge < -0.3 is 5.43 Å². The first-order valence-electron chi connectivity index (χ1n) is 3.64. The van der Waals surface area contributed by atoms with Crippen LogP contribution < -0.4 is 5.43 Å². The zero-order valence-electron chi connectivity index (χ0n) is 5.51. The van der Waals surface area contributed by atoms with Crippen LogP contribution in [0.1, 0.15) is 19.3 Å². The van der Waals surface area contributed by atoms with Gasteiger partial charge in [-0.2, -0.15) is 0 Å². The van der Waals surface area contributed by atoms with Crippen molar-refractivity contribution in [1.29, 1.82) is 0 Å². The molecule has 1 unspecified atom stereocenters. The molecule has 0 aromatic heterocycles. The van der Waals surface area contributed by atoms with Crippen LogP contribution in [0.3, 0.4) is 0 Å². The van der Waals surface area contributed by atoms with Gasteiger partial charge in [-0.3, -0.25) is 0 Å². The highest BCUT2D eigenvalue weighted by molar-refractivity contribution is 4.93. The molecule has 2 rings (SSSR count). The van der Waals surface area contributed by atoms with Gasteiger partial charge in [-0.05, 0) is 19.3 Å². The van der Waals surface area contributed by atoms with E-state index in [1.807, 2.05) is 6.20 Å². The number of fused-ring (bicyclic) bond motifs is 1. The fourth-order valence-electron chi connectivity index (χ4n) is 1.62. The first kappa shape index (κ1) is 5.30. The molecule has 1 fully saturated rings. The van der Waals surface area contributed by atoms with Crippen molar-refractivity contribution in [2.75, 3.05) is 6.54 Å². The van der Waals surface area contributed by atoms with Crippen molar-refractivity contribution >= 4 is 0 Å². The predicted octanol–water partition coefficient (Wildman–Crippen LogP) is 0.873. The number of hydrogen-bond acceptors (Lipinski definition) is 2. The van der Waals surface area contributed by atoms with Gasteiger partial charge >= 0.3 is 0 Å². The monoisotopic (exact) mass is 124 g/mol. The van der Waals surface area contributed by atoms with Crippen molar-refractivity contribution in [3.63, 3.8) is 0 Å². The van der Waals surface area contributed by atoms with Crippen LogP contribution in [0, 0.1) is 0 Å². The van der Waals surface area contributed by atoms with Gasteiger partial charge in [-0.15, -0.1) is 0 Å². The Kier molecular flexibility index (Phi) is 1.19. The van der Waals surface area contributed by atoms with Crippen LogP contribution in [0.5, 0.6) is 0 Å². The number of nitrogens with zero attached hydrogens (tertiary/aromatic N) is 1. The van der Waals surface area contributed by atoms with Crippen LogP contribution in [0.15, 0.2) is 12.3 Å². The van der Waals surface area contributed by atoms with Crippen LogP contribution in [0.25, 0.3) is 0 Å². The average molecular weight is 124 g/mol. The molecule has 0 aromatic carbocycles. The fourth-order valence-corrected chi connectivity index (χ4v) is 1.62. The third-order valence-electron chi connectivity index (χ3n) is 2.14. The molecule has 2 heteroatoms. The molecule has 1 atom stereocenters. The lowest BCUT2D eigenvalue weighted by atomic mass is 10.1. The van der Waals surface area contributed by atoms with E-state index in [0.29, 0.717) is 0 Å². The zero-order chi connectivity index (χ0) is 6.10. The topological polar surface area (TPSA) is 15.3 Å². The van der Waals surface area contributed by atoms with E-state index in [4.69, 9.17) is 0 Å². The maximum atomic E-state index is 3.23. The molecular formula is C7H12N2. The number of nitrogens with one attached hydrogen (secondary N) is 1. The van der Waals surface area contributed by atoms with Crippen LogP contribution in [-0.2, 0) is 0 Å². The van der Waals surface area contributed by atoms with Gasteiger partial charge in [0.15, 0.2) is 0 Å². The van der Waals surface area contributed by atoms with Gasteiger partial charge in [0, 0.05) is 18.8 Å². The van der Waals surface area contributed by atoms with E-state index in [9.17, 15) is 0 Å². The Bertz CT molecular complexity index is 117. The smallest absolute Gasteiger partial charge is 0.0326 e. The average Bonchev–Trinajstić information content (AvgIpc) is 2.33. The Morgan fingerprint density at radius 2 is 2.56 bits per heavy atom.